The van der Waals surface area contributed by atoms with Crippen molar-refractivity contribution in [3.63, 3.8) is 0 Å². The van der Waals surface area contributed by atoms with E-state index in [1.165, 1.54) is 23.0 Å². The molecule has 0 amide bonds. The fourth-order valence-electron chi connectivity index (χ4n) is 1.57. The van der Waals surface area contributed by atoms with E-state index in [0.29, 0.717) is 0 Å². The molecule has 0 nitrogen and oxygen atoms in total. The van der Waals surface area contributed by atoms with Crippen LogP contribution in [0.2, 0.25) is 0 Å². The molecule has 0 bridgehead atoms. The van der Waals surface area contributed by atoms with Crippen LogP contribution in [0.15, 0.2) is 24.3 Å². The first kappa shape index (κ1) is 12.3. The molecule has 2 atom stereocenters. The average molecular weight is 228 g/mol. The molecule has 0 radical (unpaired) electrons. The number of hydrogen-bond donors (Lipinski definition) is 0. The highest BCUT2D eigenvalue weighted by Gasteiger charge is 2.17. The van der Waals surface area contributed by atoms with Gasteiger partial charge >= 0.3 is 0 Å². The summed E-state index contributed by atoms with van der Waals surface area (Å²) in [6, 6.07) is 0. The largest absolute Gasteiger partial charge is 0.162 e. The lowest BCUT2D eigenvalue weighted by atomic mass is 9.92. The van der Waals surface area contributed by atoms with Gasteiger partial charge in [0.2, 0.25) is 0 Å². The number of rotatable bonds is 6. The minimum atomic E-state index is 0.768. The highest BCUT2D eigenvalue weighted by atomic mass is 32.2. The van der Waals surface area contributed by atoms with Crippen molar-refractivity contribution in [2.45, 2.75) is 13.8 Å². The molecule has 0 spiro atoms. The van der Waals surface area contributed by atoms with E-state index >= 15 is 0 Å². The normalized spacial score (nSPS) is 25.6. The van der Waals surface area contributed by atoms with Crippen LogP contribution in [0.4, 0.5) is 0 Å². The Balaban J connectivity index is 2.36. The first-order valence-electron chi connectivity index (χ1n) is 5.39. The number of thioether (sulfide) groups is 2. The molecule has 1 rings (SSSR count). The van der Waals surface area contributed by atoms with Crippen LogP contribution < -0.4 is 0 Å². The quantitative estimate of drug-likeness (QED) is 0.677. The van der Waals surface area contributed by atoms with Crippen LogP contribution in [0, 0.1) is 11.8 Å². The van der Waals surface area contributed by atoms with Gasteiger partial charge in [0.25, 0.3) is 0 Å². The van der Waals surface area contributed by atoms with Gasteiger partial charge in [-0.2, -0.15) is 23.5 Å². The van der Waals surface area contributed by atoms with Crippen LogP contribution in [0.5, 0.6) is 0 Å². The van der Waals surface area contributed by atoms with Gasteiger partial charge < -0.3 is 0 Å². The summed E-state index contributed by atoms with van der Waals surface area (Å²) in [7, 11) is 0. The molecule has 0 aromatic carbocycles. The molecule has 0 aromatic rings. The second-order valence-corrected chi connectivity index (χ2v) is 6.05. The Morgan fingerprint density at radius 2 is 1.29 bits per heavy atom. The maximum Gasteiger partial charge on any atom is 0.000151 e. The molecule has 1 aliphatic carbocycles. The predicted octanol–water partition coefficient (Wildman–Crippen LogP) is 3.85. The van der Waals surface area contributed by atoms with E-state index in [-0.39, 0.29) is 0 Å². The van der Waals surface area contributed by atoms with Crippen molar-refractivity contribution in [1.29, 1.82) is 0 Å². The average Bonchev–Trinajstić information content (AvgIpc) is 2.24. The van der Waals surface area contributed by atoms with Crippen LogP contribution in [0.25, 0.3) is 0 Å². The standard InChI is InChI=1S/C12H20S2/c1-3-13-9-11-7-5-6-8-12(11)10-14-4-2/h5-8,11-12H,3-4,9-10H2,1-2H3. The van der Waals surface area contributed by atoms with Crippen molar-refractivity contribution in [2.24, 2.45) is 11.8 Å². The van der Waals surface area contributed by atoms with Gasteiger partial charge in [-0.3, -0.25) is 0 Å². The Labute approximate surface area is 96.6 Å². The van der Waals surface area contributed by atoms with Gasteiger partial charge in [-0.1, -0.05) is 38.2 Å². The zero-order chi connectivity index (χ0) is 10.2. The molecule has 0 saturated carbocycles. The lowest BCUT2D eigenvalue weighted by molar-refractivity contribution is 0.569. The zero-order valence-electron chi connectivity index (χ0n) is 9.11. The van der Waals surface area contributed by atoms with Crippen molar-refractivity contribution in [3.05, 3.63) is 24.3 Å². The van der Waals surface area contributed by atoms with E-state index in [1.54, 1.807) is 0 Å². The summed E-state index contributed by atoms with van der Waals surface area (Å²) in [6.07, 6.45) is 9.16. The van der Waals surface area contributed by atoms with E-state index in [1.807, 2.05) is 0 Å². The fourth-order valence-corrected chi connectivity index (χ4v) is 3.30. The van der Waals surface area contributed by atoms with Crippen LogP contribution >= 0.6 is 23.5 Å². The van der Waals surface area contributed by atoms with Crippen LogP contribution in [0.1, 0.15) is 13.8 Å². The molecule has 2 heteroatoms. The van der Waals surface area contributed by atoms with Gasteiger partial charge in [0, 0.05) is 11.5 Å². The second kappa shape index (κ2) is 7.47. The van der Waals surface area contributed by atoms with E-state index in [0.717, 1.165) is 11.8 Å². The molecule has 1 aliphatic rings. The Bertz CT molecular complexity index is 174. The second-order valence-electron chi connectivity index (χ2n) is 3.42. The maximum atomic E-state index is 2.38. The lowest BCUT2D eigenvalue weighted by Gasteiger charge is -2.23. The van der Waals surface area contributed by atoms with Crippen molar-refractivity contribution >= 4 is 23.5 Å². The van der Waals surface area contributed by atoms with Gasteiger partial charge in [-0.05, 0) is 23.3 Å². The summed E-state index contributed by atoms with van der Waals surface area (Å²) in [5.74, 6) is 6.58. The molecule has 14 heavy (non-hydrogen) atoms. The molecule has 0 N–H and O–H groups in total. The summed E-state index contributed by atoms with van der Waals surface area (Å²) in [5, 5.41) is 0. The Morgan fingerprint density at radius 3 is 1.64 bits per heavy atom. The summed E-state index contributed by atoms with van der Waals surface area (Å²) >= 11 is 4.11. The van der Waals surface area contributed by atoms with Crippen molar-refractivity contribution in [3.8, 4) is 0 Å². The van der Waals surface area contributed by atoms with Crippen molar-refractivity contribution < 1.29 is 0 Å². The van der Waals surface area contributed by atoms with E-state index < -0.39 is 0 Å². The Kier molecular flexibility index (Phi) is 6.54. The molecular weight excluding hydrogens is 208 g/mol. The van der Waals surface area contributed by atoms with Gasteiger partial charge in [0.1, 0.15) is 0 Å². The van der Waals surface area contributed by atoms with Gasteiger partial charge in [-0.25, -0.2) is 0 Å². The van der Waals surface area contributed by atoms with Crippen LogP contribution in [-0.2, 0) is 0 Å². The molecule has 80 valence electrons. The smallest absolute Gasteiger partial charge is 0.000151 e. The maximum absolute atomic E-state index is 2.38. The highest BCUT2D eigenvalue weighted by molar-refractivity contribution is 7.99. The monoisotopic (exact) mass is 228 g/mol. The molecule has 0 saturated heterocycles. The first-order valence-corrected chi connectivity index (χ1v) is 7.69. The molecular formula is C12H20S2. The third-order valence-corrected chi connectivity index (χ3v) is 4.46. The van der Waals surface area contributed by atoms with Crippen molar-refractivity contribution in [2.75, 3.05) is 23.0 Å². The predicted molar refractivity (Wildman–Crippen MR) is 71.3 cm³/mol. The summed E-state index contributed by atoms with van der Waals surface area (Å²) in [5.41, 5.74) is 0. The summed E-state index contributed by atoms with van der Waals surface area (Å²) < 4.78 is 0. The Morgan fingerprint density at radius 1 is 0.857 bits per heavy atom. The number of allylic oxidation sites excluding steroid dienone is 4. The van der Waals surface area contributed by atoms with Crippen LogP contribution in [0.3, 0.4) is 0 Å². The summed E-state index contributed by atoms with van der Waals surface area (Å²) in [6.45, 7) is 4.48. The zero-order valence-corrected chi connectivity index (χ0v) is 10.7. The van der Waals surface area contributed by atoms with Crippen molar-refractivity contribution in [1.82, 2.24) is 0 Å². The number of hydrogen-bond acceptors (Lipinski definition) is 2. The van der Waals surface area contributed by atoms with E-state index in [2.05, 4.69) is 61.7 Å². The van der Waals surface area contributed by atoms with E-state index in [9.17, 15) is 0 Å². The molecule has 2 unspecified atom stereocenters. The van der Waals surface area contributed by atoms with Gasteiger partial charge in [0.15, 0.2) is 0 Å². The third-order valence-electron chi connectivity index (χ3n) is 2.41. The third kappa shape index (κ3) is 4.14. The highest BCUT2D eigenvalue weighted by Crippen LogP contribution is 2.26. The fraction of sp³-hybridized carbons (Fsp3) is 0.667. The summed E-state index contributed by atoms with van der Waals surface area (Å²) in [4.78, 5) is 0. The molecule has 0 fully saturated rings. The molecule has 0 heterocycles. The van der Waals surface area contributed by atoms with Crippen LogP contribution in [-0.4, -0.2) is 23.0 Å². The molecule has 0 aromatic heterocycles. The van der Waals surface area contributed by atoms with Gasteiger partial charge in [0.05, 0.1) is 0 Å². The van der Waals surface area contributed by atoms with E-state index in [4.69, 9.17) is 0 Å². The SMILES string of the molecule is CCSCC1C=CC=CC1CSCC. The molecule has 0 aliphatic heterocycles. The Hall–Kier alpha value is 0.180. The topological polar surface area (TPSA) is 0 Å². The van der Waals surface area contributed by atoms with Gasteiger partial charge in [-0.15, -0.1) is 0 Å². The minimum Gasteiger partial charge on any atom is -0.162 e. The lowest BCUT2D eigenvalue weighted by Crippen LogP contribution is -2.17. The first-order chi connectivity index (χ1) is 6.88. The minimum absolute atomic E-state index is 0.768.